The van der Waals surface area contributed by atoms with Crippen LogP contribution < -0.4 is 5.32 Å². The van der Waals surface area contributed by atoms with Crippen LogP contribution in [0.3, 0.4) is 0 Å². The van der Waals surface area contributed by atoms with Gasteiger partial charge in [0.2, 0.25) is 0 Å². The van der Waals surface area contributed by atoms with Gasteiger partial charge in [-0.05, 0) is 46.0 Å². The molecule has 0 amide bonds. The van der Waals surface area contributed by atoms with Gasteiger partial charge in [-0.2, -0.15) is 0 Å². The molecule has 1 N–H and O–H groups in total. The molecule has 0 spiro atoms. The Kier molecular flexibility index (Phi) is 3.31. The molecule has 1 saturated heterocycles. The van der Waals surface area contributed by atoms with Crippen LogP contribution in [0.25, 0.3) is 0 Å². The fourth-order valence-electron chi connectivity index (χ4n) is 2.50. The number of nitrogens with zero attached hydrogens (tertiary/aromatic N) is 1. The molecule has 0 aromatic heterocycles. The van der Waals surface area contributed by atoms with Crippen molar-refractivity contribution in [2.45, 2.75) is 25.8 Å². The molecular formula is C14H22N2. The molecule has 2 rings (SSSR count). The molecular weight excluding hydrogens is 196 g/mol. The first-order valence-corrected chi connectivity index (χ1v) is 6.11. The Morgan fingerprint density at radius 1 is 1.25 bits per heavy atom. The zero-order valence-corrected chi connectivity index (χ0v) is 10.6. The van der Waals surface area contributed by atoms with Crippen molar-refractivity contribution in [3.63, 3.8) is 0 Å². The quantitative estimate of drug-likeness (QED) is 0.777. The third kappa shape index (κ3) is 2.45. The Balaban J connectivity index is 2.25. The standard InChI is InChI=1S/C14H22N2/c1-12-5-7-13(8-6-12)14(2)11-16(3)10-4-9-15-14/h5-8,15H,4,9-11H2,1-3H3. The van der Waals surface area contributed by atoms with Gasteiger partial charge in [0.25, 0.3) is 0 Å². The summed E-state index contributed by atoms with van der Waals surface area (Å²) in [6.45, 7) is 7.82. The summed E-state index contributed by atoms with van der Waals surface area (Å²) in [5.41, 5.74) is 2.82. The van der Waals surface area contributed by atoms with Crippen LogP contribution in [0.2, 0.25) is 0 Å². The molecule has 2 heteroatoms. The van der Waals surface area contributed by atoms with Gasteiger partial charge in [0.1, 0.15) is 0 Å². The van der Waals surface area contributed by atoms with E-state index in [1.807, 2.05) is 0 Å². The van der Waals surface area contributed by atoms with Crippen LogP contribution in [0.4, 0.5) is 0 Å². The Morgan fingerprint density at radius 2 is 1.94 bits per heavy atom. The van der Waals surface area contributed by atoms with Gasteiger partial charge in [-0.3, -0.25) is 0 Å². The number of nitrogens with one attached hydrogen (secondary N) is 1. The zero-order chi connectivity index (χ0) is 11.6. The predicted octanol–water partition coefficient (Wildman–Crippen LogP) is 2.14. The van der Waals surface area contributed by atoms with Crippen molar-refractivity contribution in [2.75, 3.05) is 26.7 Å². The summed E-state index contributed by atoms with van der Waals surface area (Å²) in [5.74, 6) is 0. The molecule has 1 fully saturated rings. The van der Waals surface area contributed by atoms with Crippen LogP contribution in [-0.4, -0.2) is 31.6 Å². The van der Waals surface area contributed by atoms with Crippen molar-refractivity contribution in [2.24, 2.45) is 0 Å². The van der Waals surface area contributed by atoms with E-state index in [9.17, 15) is 0 Å². The molecule has 0 radical (unpaired) electrons. The number of benzene rings is 1. The smallest absolute Gasteiger partial charge is 0.0534 e. The average Bonchev–Trinajstić information content (AvgIpc) is 2.41. The number of rotatable bonds is 1. The fourth-order valence-corrected chi connectivity index (χ4v) is 2.50. The predicted molar refractivity (Wildman–Crippen MR) is 68.6 cm³/mol. The second kappa shape index (κ2) is 4.56. The number of likely N-dealkylation sites (N-methyl/N-ethyl adjacent to an activating group) is 1. The molecule has 88 valence electrons. The van der Waals surface area contributed by atoms with E-state index >= 15 is 0 Å². The highest BCUT2D eigenvalue weighted by molar-refractivity contribution is 5.28. The number of hydrogen-bond donors (Lipinski definition) is 1. The summed E-state index contributed by atoms with van der Waals surface area (Å²) in [5, 5.41) is 3.68. The van der Waals surface area contributed by atoms with Crippen molar-refractivity contribution in [3.05, 3.63) is 35.4 Å². The lowest BCUT2D eigenvalue weighted by Gasteiger charge is -2.32. The molecule has 1 aliphatic heterocycles. The number of aryl methyl sites for hydroxylation is 1. The van der Waals surface area contributed by atoms with Gasteiger partial charge in [-0.15, -0.1) is 0 Å². The van der Waals surface area contributed by atoms with E-state index in [0.29, 0.717) is 0 Å². The van der Waals surface area contributed by atoms with Crippen LogP contribution in [-0.2, 0) is 5.54 Å². The Bertz CT molecular complexity index is 344. The minimum absolute atomic E-state index is 0.0962. The summed E-state index contributed by atoms with van der Waals surface area (Å²) in [6, 6.07) is 8.91. The van der Waals surface area contributed by atoms with E-state index in [-0.39, 0.29) is 5.54 Å². The Morgan fingerprint density at radius 3 is 2.62 bits per heavy atom. The van der Waals surface area contributed by atoms with Crippen LogP contribution in [0.15, 0.2) is 24.3 Å². The molecule has 1 heterocycles. The molecule has 16 heavy (non-hydrogen) atoms. The highest BCUT2D eigenvalue weighted by Crippen LogP contribution is 2.23. The SMILES string of the molecule is Cc1ccc(C2(C)CN(C)CCCN2)cc1. The van der Waals surface area contributed by atoms with Crippen molar-refractivity contribution in [1.29, 1.82) is 0 Å². The van der Waals surface area contributed by atoms with Gasteiger partial charge >= 0.3 is 0 Å². The van der Waals surface area contributed by atoms with Gasteiger partial charge in [-0.25, -0.2) is 0 Å². The molecule has 1 unspecified atom stereocenters. The maximum Gasteiger partial charge on any atom is 0.0534 e. The summed E-state index contributed by atoms with van der Waals surface area (Å²) in [4.78, 5) is 2.42. The van der Waals surface area contributed by atoms with Crippen LogP contribution in [0.1, 0.15) is 24.5 Å². The molecule has 1 aromatic carbocycles. The van der Waals surface area contributed by atoms with E-state index in [0.717, 1.165) is 13.1 Å². The Labute approximate surface area is 98.7 Å². The number of hydrogen-bond acceptors (Lipinski definition) is 2. The van der Waals surface area contributed by atoms with Crippen LogP contribution in [0.5, 0.6) is 0 Å². The zero-order valence-electron chi connectivity index (χ0n) is 10.6. The molecule has 1 atom stereocenters. The minimum Gasteiger partial charge on any atom is -0.307 e. The van der Waals surface area contributed by atoms with Gasteiger partial charge < -0.3 is 10.2 Å². The third-order valence-electron chi connectivity index (χ3n) is 3.51. The molecule has 1 aromatic rings. The summed E-state index contributed by atoms with van der Waals surface area (Å²) in [6.07, 6.45) is 1.23. The second-order valence-electron chi connectivity index (χ2n) is 5.22. The Hall–Kier alpha value is -0.860. The maximum atomic E-state index is 3.68. The second-order valence-corrected chi connectivity index (χ2v) is 5.22. The van der Waals surface area contributed by atoms with E-state index in [1.165, 1.54) is 24.1 Å². The van der Waals surface area contributed by atoms with Crippen molar-refractivity contribution in [3.8, 4) is 0 Å². The minimum atomic E-state index is 0.0962. The van der Waals surface area contributed by atoms with Crippen LogP contribution in [0, 0.1) is 6.92 Å². The maximum absolute atomic E-state index is 3.68. The largest absolute Gasteiger partial charge is 0.307 e. The summed E-state index contributed by atoms with van der Waals surface area (Å²) < 4.78 is 0. The molecule has 0 bridgehead atoms. The summed E-state index contributed by atoms with van der Waals surface area (Å²) in [7, 11) is 2.21. The van der Waals surface area contributed by atoms with Crippen molar-refractivity contribution < 1.29 is 0 Å². The van der Waals surface area contributed by atoms with E-state index in [4.69, 9.17) is 0 Å². The topological polar surface area (TPSA) is 15.3 Å². The monoisotopic (exact) mass is 218 g/mol. The van der Waals surface area contributed by atoms with Crippen molar-refractivity contribution in [1.82, 2.24) is 10.2 Å². The van der Waals surface area contributed by atoms with Gasteiger partial charge in [-0.1, -0.05) is 29.8 Å². The molecule has 0 saturated carbocycles. The van der Waals surface area contributed by atoms with Crippen LogP contribution >= 0.6 is 0 Å². The van der Waals surface area contributed by atoms with Gasteiger partial charge in [0, 0.05) is 6.54 Å². The normalized spacial score (nSPS) is 27.7. The average molecular weight is 218 g/mol. The first kappa shape index (κ1) is 11.6. The van der Waals surface area contributed by atoms with E-state index in [2.05, 4.69) is 55.4 Å². The lowest BCUT2D eigenvalue weighted by molar-refractivity contribution is 0.259. The highest BCUT2D eigenvalue weighted by atomic mass is 15.2. The molecule has 0 aliphatic carbocycles. The van der Waals surface area contributed by atoms with Crippen molar-refractivity contribution >= 4 is 0 Å². The first-order chi connectivity index (χ1) is 7.60. The third-order valence-corrected chi connectivity index (χ3v) is 3.51. The van der Waals surface area contributed by atoms with E-state index in [1.54, 1.807) is 0 Å². The lowest BCUT2D eigenvalue weighted by Crippen LogP contribution is -2.45. The van der Waals surface area contributed by atoms with Gasteiger partial charge in [0.15, 0.2) is 0 Å². The first-order valence-electron chi connectivity index (χ1n) is 6.11. The lowest BCUT2D eigenvalue weighted by atomic mass is 9.91. The highest BCUT2D eigenvalue weighted by Gasteiger charge is 2.29. The molecule has 1 aliphatic rings. The van der Waals surface area contributed by atoms with Gasteiger partial charge in [0.05, 0.1) is 5.54 Å². The fraction of sp³-hybridized carbons (Fsp3) is 0.571. The molecule has 2 nitrogen and oxygen atoms in total. The van der Waals surface area contributed by atoms with E-state index < -0.39 is 0 Å². The summed E-state index contributed by atoms with van der Waals surface area (Å²) >= 11 is 0.